The van der Waals surface area contributed by atoms with Crippen LogP contribution >= 0.6 is 0 Å². The first-order valence-corrected chi connectivity index (χ1v) is 6.50. The third-order valence-corrected chi connectivity index (χ3v) is 3.69. The van der Waals surface area contributed by atoms with Gasteiger partial charge in [0.25, 0.3) is 0 Å². The summed E-state index contributed by atoms with van der Waals surface area (Å²) < 4.78 is 11.2. The molecule has 18 heavy (non-hydrogen) atoms. The number of rotatable bonds is 2. The fourth-order valence-corrected chi connectivity index (χ4v) is 2.50. The van der Waals surface area contributed by atoms with Crippen molar-refractivity contribution in [1.82, 2.24) is 9.88 Å². The molecule has 0 aliphatic carbocycles. The van der Waals surface area contributed by atoms with Crippen molar-refractivity contribution in [2.75, 3.05) is 40.5 Å². The number of pyridine rings is 1. The van der Waals surface area contributed by atoms with Gasteiger partial charge in [-0.25, -0.2) is 0 Å². The molecule has 1 aromatic rings. The normalized spacial score (nSPS) is 21.1. The molecule has 0 spiro atoms. The van der Waals surface area contributed by atoms with Crippen LogP contribution in [-0.4, -0.2) is 50.4 Å². The van der Waals surface area contributed by atoms with Gasteiger partial charge in [0.05, 0.1) is 24.4 Å². The van der Waals surface area contributed by atoms with Crippen LogP contribution in [0.25, 0.3) is 0 Å². The zero-order chi connectivity index (χ0) is 12.8. The minimum absolute atomic E-state index is 0.0917. The van der Waals surface area contributed by atoms with Crippen molar-refractivity contribution in [2.24, 2.45) is 0 Å². The minimum Gasteiger partial charge on any atom is -0.379 e. The lowest BCUT2D eigenvalue weighted by Gasteiger charge is -2.39. The average Bonchev–Trinajstić information content (AvgIpc) is 2.52. The van der Waals surface area contributed by atoms with E-state index in [4.69, 9.17) is 9.47 Å². The van der Waals surface area contributed by atoms with Crippen molar-refractivity contribution in [1.29, 1.82) is 0 Å². The van der Waals surface area contributed by atoms with Crippen LogP contribution in [0, 0.1) is 0 Å². The molecule has 0 radical (unpaired) electrons. The molecule has 100 valence electrons. The molecule has 2 heterocycles. The van der Waals surface area contributed by atoms with Crippen LogP contribution in [0.15, 0.2) is 24.4 Å². The predicted molar refractivity (Wildman–Crippen MR) is 70.5 cm³/mol. The van der Waals surface area contributed by atoms with Gasteiger partial charge < -0.3 is 9.47 Å². The molecule has 4 heteroatoms. The molecule has 0 atom stereocenters. The van der Waals surface area contributed by atoms with Gasteiger partial charge in [-0.2, -0.15) is 0 Å². The van der Waals surface area contributed by atoms with Crippen molar-refractivity contribution < 1.29 is 9.47 Å². The van der Waals surface area contributed by atoms with Crippen LogP contribution in [0.2, 0.25) is 0 Å². The monoisotopic (exact) mass is 250 g/mol. The largest absolute Gasteiger partial charge is 0.379 e. The first-order valence-electron chi connectivity index (χ1n) is 6.50. The Kier molecular flexibility index (Phi) is 4.69. The zero-order valence-corrected chi connectivity index (χ0v) is 11.3. The fraction of sp³-hybridized carbons (Fsp3) is 0.643. The Balaban J connectivity index is 2.28. The van der Waals surface area contributed by atoms with E-state index in [0.29, 0.717) is 13.2 Å². The highest BCUT2D eigenvalue weighted by Crippen LogP contribution is 2.33. The fourth-order valence-electron chi connectivity index (χ4n) is 2.50. The molecular formula is C14H22N2O2. The molecule has 0 amide bonds. The lowest BCUT2D eigenvalue weighted by Crippen LogP contribution is -2.43. The predicted octanol–water partition coefficient (Wildman–Crippen LogP) is 1.67. The van der Waals surface area contributed by atoms with E-state index in [1.54, 1.807) is 0 Å². The van der Waals surface area contributed by atoms with E-state index in [1.165, 1.54) is 0 Å². The molecule has 1 saturated heterocycles. The third kappa shape index (κ3) is 2.88. The summed E-state index contributed by atoms with van der Waals surface area (Å²) in [5, 5.41) is 0. The summed E-state index contributed by atoms with van der Waals surface area (Å²) in [6.07, 6.45) is 3.75. The maximum absolute atomic E-state index is 5.60. The summed E-state index contributed by atoms with van der Waals surface area (Å²) in [6.45, 7) is 2.87. The highest BCUT2D eigenvalue weighted by atomic mass is 16.5. The van der Waals surface area contributed by atoms with Crippen LogP contribution in [0.5, 0.6) is 0 Å². The molecular weight excluding hydrogens is 228 g/mol. The Morgan fingerprint density at radius 3 is 2.22 bits per heavy atom. The van der Waals surface area contributed by atoms with Crippen LogP contribution in [0.1, 0.15) is 18.5 Å². The van der Waals surface area contributed by atoms with Gasteiger partial charge in [-0.1, -0.05) is 6.07 Å². The van der Waals surface area contributed by atoms with Crippen molar-refractivity contribution in [3.8, 4) is 0 Å². The summed E-state index contributed by atoms with van der Waals surface area (Å²) in [5.74, 6) is 0. The third-order valence-electron chi connectivity index (χ3n) is 3.69. The van der Waals surface area contributed by atoms with Gasteiger partial charge in [-0.15, -0.1) is 0 Å². The quantitative estimate of drug-likeness (QED) is 0.799. The van der Waals surface area contributed by atoms with Crippen molar-refractivity contribution in [2.45, 2.75) is 18.4 Å². The van der Waals surface area contributed by atoms with E-state index in [0.717, 1.165) is 31.7 Å². The summed E-state index contributed by atoms with van der Waals surface area (Å²) in [7, 11) is 4.21. The molecule has 1 fully saturated rings. The van der Waals surface area contributed by atoms with Gasteiger partial charge in [0, 0.05) is 19.4 Å². The van der Waals surface area contributed by atoms with Crippen LogP contribution in [0.3, 0.4) is 0 Å². The van der Waals surface area contributed by atoms with Crippen LogP contribution < -0.4 is 0 Å². The molecule has 2 rings (SSSR count). The standard InChI is InChI=1S/C14H22N2O2/c1-16(2)14(13-5-3-4-8-15-13)6-9-17-11-12-18-10-7-14/h3-5,8H,6-7,9-12H2,1-2H3. The molecule has 0 aromatic carbocycles. The van der Waals surface area contributed by atoms with E-state index in [-0.39, 0.29) is 5.54 Å². The highest BCUT2D eigenvalue weighted by molar-refractivity contribution is 5.16. The summed E-state index contributed by atoms with van der Waals surface area (Å²) in [5.41, 5.74) is 1.01. The summed E-state index contributed by atoms with van der Waals surface area (Å²) in [4.78, 5) is 6.79. The second kappa shape index (κ2) is 6.27. The number of hydrogen-bond acceptors (Lipinski definition) is 4. The molecule has 1 aromatic heterocycles. The lowest BCUT2D eigenvalue weighted by molar-refractivity contribution is 0.0584. The van der Waals surface area contributed by atoms with Gasteiger partial charge >= 0.3 is 0 Å². The molecule has 4 nitrogen and oxygen atoms in total. The van der Waals surface area contributed by atoms with Crippen molar-refractivity contribution in [3.05, 3.63) is 30.1 Å². The number of ether oxygens (including phenoxy) is 2. The van der Waals surface area contributed by atoms with Crippen LogP contribution in [-0.2, 0) is 15.0 Å². The smallest absolute Gasteiger partial charge is 0.0700 e. The first kappa shape index (κ1) is 13.5. The van der Waals surface area contributed by atoms with E-state index < -0.39 is 0 Å². The first-order chi connectivity index (χ1) is 8.76. The maximum Gasteiger partial charge on any atom is 0.0700 e. The SMILES string of the molecule is CN(C)C1(c2ccccn2)CCOCCOCC1. The Morgan fingerprint density at radius 1 is 1.06 bits per heavy atom. The van der Waals surface area contributed by atoms with Crippen LogP contribution in [0.4, 0.5) is 0 Å². The van der Waals surface area contributed by atoms with Gasteiger partial charge in [-0.3, -0.25) is 9.88 Å². The molecule has 1 aliphatic heterocycles. The van der Waals surface area contributed by atoms with Gasteiger partial charge in [-0.05, 0) is 39.1 Å². The van der Waals surface area contributed by atoms with Gasteiger partial charge in [0.15, 0.2) is 0 Å². The van der Waals surface area contributed by atoms with E-state index in [2.05, 4.69) is 30.0 Å². The van der Waals surface area contributed by atoms with Gasteiger partial charge in [0.1, 0.15) is 0 Å². The minimum atomic E-state index is -0.0917. The maximum atomic E-state index is 5.60. The second-order valence-electron chi connectivity index (χ2n) is 4.87. The Hall–Kier alpha value is -0.970. The van der Waals surface area contributed by atoms with E-state index in [1.807, 2.05) is 18.3 Å². The van der Waals surface area contributed by atoms with E-state index >= 15 is 0 Å². The summed E-state index contributed by atoms with van der Waals surface area (Å²) in [6, 6.07) is 6.09. The number of hydrogen-bond donors (Lipinski definition) is 0. The van der Waals surface area contributed by atoms with Gasteiger partial charge in [0.2, 0.25) is 0 Å². The molecule has 0 N–H and O–H groups in total. The van der Waals surface area contributed by atoms with Crippen molar-refractivity contribution in [3.63, 3.8) is 0 Å². The highest BCUT2D eigenvalue weighted by Gasteiger charge is 2.35. The lowest BCUT2D eigenvalue weighted by atomic mass is 9.86. The Labute approximate surface area is 109 Å². The Bertz CT molecular complexity index is 344. The molecule has 1 aliphatic rings. The molecule has 0 unspecified atom stereocenters. The number of aromatic nitrogens is 1. The Morgan fingerprint density at radius 2 is 1.72 bits per heavy atom. The molecule has 0 saturated carbocycles. The van der Waals surface area contributed by atoms with E-state index in [9.17, 15) is 0 Å². The number of nitrogens with zero attached hydrogens (tertiary/aromatic N) is 2. The molecule has 0 bridgehead atoms. The zero-order valence-electron chi connectivity index (χ0n) is 11.3. The summed E-state index contributed by atoms with van der Waals surface area (Å²) >= 11 is 0. The average molecular weight is 250 g/mol. The van der Waals surface area contributed by atoms with Crippen molar-refractivity contribution >= 4 is 0 Å². The topological polar surface area (TPSA) is 34.6 Å². The second-order valence-corrected chi connectivity index (χ2v) is 4.87.